The molecule has 6 nitrogen and oxygen atoms in total. The summed E-state index contributed by atoms with van der Waals surface area (Å²) in [5.74, 6) is 0. The van der Waals surface area contributed by atoms with Crippen LogP contribution in [0.1, 0.15) is 53.4 Å². The molecular formula is C15H28O6P2. The van der Waals surface area contributed by atoms with Crippen LogP contribution in [-0.4, -0.2) is 21.3 Å². The molecule has 8 heteroatoms. The van der Waals surface area contributed by atoms with Crippen molar-refractivity contribution in [2.24, 2.45) is 0 Å². The van der Waals surface area contributed by atoms with Crippen LogP contribution in [0.3, 0.4) is 0 Å². The number of allylic oxidation sites excluding steroid dienone is 5. The van der Waals surface area contributed by atoms with E-state index in [1.165, 1.54) is 11.1 Å². The summed E-state index contributed by atoms with van der Waals surface area (Å²) in [7, 11) is -10.0. The first-order valence-electron chi connectivity index (χ1n) is 7.43. The summed E-state index contributed by atoms with van der Waals surface area (Å²) in [5, 5.41) is 0. The van der Waals surface area contributed by atoms with Crippen LogP contribution in [0.25, 0.3) is 0 Å². The topological polar surface area (TPSA) is 104 Å². The third kappa shape index (κ3) is 10.8. The summed E-state index contributed by atoms with van der Waals surface area (Å²) in [5.41, 5.74) is 3.56. The monoisotopic (exact) mass is 366 g/mol. The molecule has 0 aliphatic heterocycles. The van der Waals surface area contributed by atoms with Gasteiger partial charge in [0.05, 0.1) is 6.61 Å². The molecule has 1 unspecified atom stereocenters. The van der Waals surface area contributed by atoms with Gasteiger partial charge in [-0.05, 0) is 53.4 Å². The molecule has 0 aromatic rings. The third-order valence-electron chi connectivity index (χ3n) is 3.13. The number of hydrogen-bond acceptors (Lipinski definition) is 3. The van der Waals surface area contributed by atoms with Crippen molar-refractivity contribution >= 4 is 14.6 Å². The predicted molar refractivity (Wildman–Crippen MR) is 93.2 cm³/mol. The van der Waals surface area contributed by atoms with Crippen LogP contribution in [0.15, 0.2) is 34.9 Å². The highest BCUT2D eigenvalue weighted by atomic mass is 32.1. The standard InChI is InChI=1S/C15H28O6P2/c1-13(2)7-5-8-14(3)9-6-10-15(4)11-12-21-23(19,20)22(16,17)18/h7,9,11H,5-6,8,10,12H2,1-4H3,(H,19,20)(H2,16,17,18)/b14-9+,15-11+. The zero-order valence-electron chi connectivity index (χ0n) is 14.2. The summed E-state index contributed by atoms with van der Waals surface area (Å²) in [4.78, 5) is 26.4. The summed E-state index contributed by atoms with van der Waals surface area (Å²) < 4.78 is 26.3. The summed E-state index contributed by atoms with van der Waals surface area (Å²) in [6, 6.07) is 0. The Hall–Kier alpha value is -0.480. The second-order valence-corrected chi connectivity index (χ2v) is 11.1. The van der Waals surface area contributed by atoms with Crippen molar-refractivity contribution < 1.29 is 28.3 Å². The van der Waals surface area contributed by atoms with Crippen molar-refractivity contribution in [3.05, 3.63) is 34.9 Å². The van der Waals surface area contributed by atoms with E-state index in [-0.39, 0.29) is 6.61 Å². The summed E-state index contributed by atoms with van der Waals surface area (Å²) in [6.45, 7) is 7.78. The van der Waals surface area contributed by atoms with Gasteiger partial charge >= 0.3 is 14.6 Å². The molecule has 0 saturated heterocycles. The molecule has 0 aromatic carbocycles. The van der Waals surface area contributed by atoms with Gasteiger partial charge in [0.25, 0.3) is 0 Å². The Bertz CT molecular complexity index is 552. The van der Waals surface area contributed by atoms with Crippen LogP contribution < -0.4 is 0 Å². The van der Waals surface area contributed by atoms with Gasteiger partial charge in [-0.25, -0.2) is 9.13 Å². The highest BCUT2D eigenvalue weighted by Crippen LogP contribution is 2.74. The molecule has 0 bridgehead atoms. The Morgan fingerprint density at radius 3 is 1.83 bits per heavy atom. The molecule has 23 heavy (non-hydrogen) atoms. The van der Waals surface area contributed by atoms with Crippen LogP contribution in [0.2, 0.25) is 0 Å². The van der Waals surface area contributed by atoms with Crippen molar-refractivity contribution in [1.82, 2.24) is 0 Å². The van der Waals surface area contributed by atoms with E-state index in [2.05, 4.69) is 37.4 Å². The highest BCUT2D eigenvalue weighted by Gasteiger charge is 2.41. The second kappa shape index (κ2) is 10.4. The Kier molecular flexibility index (Phi) is 10.2. The predicted octanol–water partition coefficient (Wildman–Crippen LogP) is 4.70. The van der Waals surface area contributed by atoms with Crippen molar-refractivity contribution in [3.63, 3.8) is 0 Å². The van der Waals surface area contributed by atoms with Gasteiger partial charge in [0.15, 0.2) is 0 Å². The summed E-state index contributed by atoms with van der Waals surface area (Å²) >= 11 is 0. The van der Waals surface area contributed by atoms with E-state index in [0.29, 0.717) is 0 Å². The van der Waals surface area contributed by atoms with Gasteiger partial charge in [0.1, 0.15) is 0 Å². The lowest BCUT2D eigenvalue weighted by atomic mass is 10.1. The average molecular weight is 366 g/mol. The van der Waals surface area contributed by atoms with Crippen molar-refractivity contribution in [2.45, 2.75) is 53.4 Å². The minimum Gasteiger partial charge on any atom is -0.316 e. The maximum absolute atomic E-state index is 11.2. The highest BCUT2D eigenvalue weighted by molar-refractivity contribution is 8.26. The molecule has 0 radical (unpaired) electrons. The molecule has 1 atom stereocenters. The minimum absolute atomic E-state index is 0.298. The molecule has 0 spiro atoms. The van der Waals surface area contributed by atoms with Crippen molar-refractivity contribution in [1.29, 1.82) is 0 Å². The van der Waals surface area contributed by atoms with E-state index in [1.54, 1.807) is 6.08 Å². The first-order valence-corrected chi connectivity index (χ1v) is 11.3. The van der Waals surface area contributed by atoms with E-state index in [1.807, 2.05) is 6.92 Å². The maximum atomic E-state index is 11.2. The molecule has 0 rings (SSSR count). The molecule has 0 aliphatic carbocycles. The number of hydrogen-bond donors (Lipinski definition) is 3. The summed E-state index contributed by atoms with van der Waals surface area (Å²) in [6.07, 6.45) is 9.57. The quantitative estimate of drug-likeness (QED) is 0.382. The Balaban J connectivity index is 4.20. The fourth-order valence-corrected chi connectivity index (χ4v) is 2.76. The van der Waals surface area contributed by atoms with Crippen LogP contribution >= 0.6 is 14.6 Å². The maximum Gasteiger partial charge on any atom is 0.438 e. The molecular weight excluding hydrogens is 338 g/mol. The van der Waals surface area contributed by atoms with Crippen LogP contribution in [-0.2, 0) is 13.7 Å². The first kappa shape index (κ1) is 22.5. The molecule has 0 amide bonds. The van der Waals surface area contributed by atoms with E-state index >= 15 is 0 Å². The van der Waals surface area contributed by atoms with Gasteiger partial charge in [-0.3, -0.25) is 4.52 Å². The largest absolute Gasteiger partial charge is 0.438 e. The minimum atomic E-state index is -5.14. The smallest absolute Gasteiger partial charge is 0.316 e. The van der Waals surface area contributed by atoms with Crippen molar-refractivity contribution in [2.75, 3.05) is 6.61 Å². The van der Waals surface area contributed by atoms with E-state index in [0.717, 1.165) is 31.3 Å². The van der Waals surface area contributed by atoms with E-state index in [4.69, 9.17) is 14.7 Å². The normalized spacial score (nSPS) is 16.1. The Morgan fingerprint density at radius 2 is 1.35 bits per heavy atom. The van der Waals surface area contributed by atoms with E-state index in [9.17, 15) is 9.13 Å². The molecule has 3 N–H and O–H groups in total. The molecule has 0 saturated carbocycles. The fraction of sp³-hybridized carbons (Fsp3) is 0.600. The van der Waals surface area contributed by atoms with Gasteiger partial charge in [-0.15, -0.1) is 0 Å². The molecule has 0 aliphatic rings. The van der Waals surface area contributed by atoms with Crippen LogP contribution in [0.5, 0.6) is 0 Å². The second-order valence-electron chi connectivity index (χ2n) is 5.76. The number of rotatable bonds is 10. The van der Waals surface area contributed by atoms with E-state index < -0.39 is 14.6 Å². The lowest BCUT2D eigenvalue weighted by Crippen LogP contribution is -1.92. The SMILES string of the molecule is CC(C)=CCC/C(C)=C/CC/C(C)=C/COP(=O)(O)P(=O)(O)O. The zero-order valence-corrected chi connectivity index (χ0v) is 16.0. The van der Waals surface area contributed by atoms with Crippen molar-refractivity contribution in [3.8, 4) is 0 Å². The van der Waals surface area contributed by atoms with Gasteiger partial charge in [-0.1, -0.05) is 34.9 Å². The molecule has 0 fully saturated rings. The lowest BCUT2D eigenvalue weighted by Gasteiger charge is -2.11. The molecule has 0 heterocycles. The first-order chi connectivity index (χ1) is 10.5. The third-order valence-corrected chi connectivity index (χ3v) is 6.59. The fourth-order valence-electron chi connectivity index (χ4n) is 1.69. The average Bonchev–Trinajstić information content (AvgIpc) is 2.36. The Morgan fingerprint density at radius 1 is 0.870 bits per heavy atom. The zero-order chi connectivity index (χ0) is 18.1. The van der Waals surface area contributed by atoms with Gasteiger partial charge < -0.3 is 14.7 Å². The Labute approximate surface area is 138 Å². The van der Waals surface area contributed by atoms with Gasteiger partial charge in [0.2, 0.25) is 0 Å². The molecule has 0 aromatic heterocycles. The van der Waals surface area contributed by atoms with Crippen LogP contribution in [0.4, 0.5) is 0 Å². The van der Waals surface area contributed by atoms with Crippen LogP contribution in [0, 0.1) is 0 Å². The molecule has 134 valence electrons. The lowest BCUT2D eigenvalue weighted by molar-refractivity contribution is 0.282. The van der Waals surface area contributed by atoms with Gasteiger partial charge in [0, 0.05) is 0 Å². The van der Waals surface area contributed by atoms with Gasteiger partial charge in [-0.2, -0.15) is 0 Å².